The monoisotopic (exact) mass is 245 g/mol. The Bertz CT molecular complexity index is 334. The van der Waals surface area contributed by atoms with E-state index in [2.05, 4.69) is 20.9 Å². The van der Waals surface area contributed by atoms with Crippen molar-refractivity contribution in [2.75, 3.05) is 0 Å². The maximum atomic E-state index is 12.9. The fourth-order valence-corrected chi connectivity index (χ4v) is 1.07. The highest BCUT2D eigenvalue weighted by Crippen LogP contribution is 2.16. The largest absolute Gasteiger partial charge is 0.370 e. The standard InChI is InChI=1S/C8H9BrFN3/c9-6-2-1-5(3-7(6)10)4-13-8(11)12/h1-3H,4H2,(H4,11,12,13). The lowest BCUT2D eigenvalue weighted by molar-refractivity contribution is 0.619. The molecule has 0 saturated heterocycles. The molecule has 1 aromatic carbocycles. The molecule has 0 spiro atoms. The summed E-state index contributed by atoms with van der Waals surface area (Å²) < 4.78 is 13.4. The van der Waals surface area contributed by atoms with Crippen molar-refractivity contribution < 1.29 is 4.39 Å². The van der Waals surface area contributed by atoms with Crippen LogP contribution in [0.25, 0.3) is 0 Å². The van der Waals surface area contributed by atoms with E-state index in [4.69, 9.17) is 11.5 Å². The van der Waals surface area contributed by atoms with Gasteiger partial charge in [-0.3, -0.25) is 0 Å². The first-order valence-electron chi connectivity index (χ1n) is 3.59. The quantitative estimate of drug-likeness (QED) is 0.611. The summed E-state index contributed by atoms with van der Waals surface area (Å²) in [6.45, 7) is 0.298. The molecule has 3 nitrogen and oxygen atoms in total. The van der Waals surface area contributed by atoms with Crippen LogP contribution in [0.15, 0.2) is 27.7 Å². The molecule has 5 heteroatoms. The molecule has 0 fully saturated rings. The molecule has 0 radical (unpaired) electrons. The predicted molar refractivity (Wildman–Crippen MR) is 53.6 cm³/mol. The van der Waals surface area contributed by atoms with Crippen molar-refractivity contribution in [1.29, 1.82) is 0 Å². The minimum atomic E-state index is -0.316. The molecule has 0 atom stereocenters. The lowest BCUT2D eigenvalue weighted by atomic mass is 10.2. The van der Waals surface area contributed by atoms with Crippen LogP contribution in [0, 0.1) is 5.82 Å². The summed E-state index contributed by atoms with van der Waals surface area (Å²) in [5.74, 6) is -0.313. The van der Waals surface area contributed by atoms with Gasteiger partial charge in [0.1, 0.15) is 5.82 Å². The topological polar surface area (TPSA) is 64.4 Å². The molecule has 13 heavy (non-hydrogen) atoms. The van der Waals surface area contributed by atoms with E-state index in [0.29, 0.717) is 11.0 Å². The average Bonchev–Trinajstić information content (AvgIpc) is 2.07. The first kappa shape index (κ1) is 9.98. The highest BCUT2D eigenvalue weighted by Gasteiger charge is 1.99. The van der Waals surface area contributed by atoms with Crippen LogP contribution in [-0.2, 0) is 6.54 Å². The number of nitrogens with two attached hydrogens (primary N) is 2. The number of guanidine groups is 1. The van der Waals surface area contributed by atoms with Crippen molar-refractivity contribution in [2.45, 2.75) is 6.54 Å². The van der Waals surface area contributed by atoms with Crippen molar-refractivity contribution in [3.63, 3.8) is 0 Å². The third-order valence-corrected chi connectivity index (χ3v) is 2.07. The number of halogens is 2. The van der Waals surface area contributed by atoms with Crippen molar-refractivity contribution in [3.8, 4) is 0 Å². The van der Waals surface area contributed by atoms with Crippen molar-refractivity contribution in [1.82, 2.24) is 0 Å². The molecule has 70 valence electrons. The Balaban J connectivity index is 2.80. The van der Waals surface area contributed by atoms with Gasteiger partial charge >= 0.3 is 0 Å². The van der Waals surface area contributed by atoms with Gasteiger partial charge in [-0.05, 0) is 33.6 Å². The molecular weight excluding hydrogens is 237 g/mol. The maximum absolute atomic E-state index is 12.9. The molecule has 1 aromatic rings. The van der Waals surface area contributed by atoms with Crippen LogP contribution in [0.3, 0.4) is 0 Å². The van der Waals surface area contributed by atoms with Gasteiger partial charge in [-0.1, -0.05) is 6.07 Å². The number of rotatable bonds is 2. The maximum Gasteiger partial charge on any atom is 0.186 e. The molecule has 0 aliphatic heterocycles. The van der Waals surface area contributed by atoms with E-state index in [0.717, 1.165) is 5.56 Å². The van der Waals surface area contributed by atoms with Crippen molar-refractivity contribution >= 4 is 21.9 Å². The lowest BCUT2D eigenvalue weighted by Crippen LogP contribution is -2.22. The molecule has 0 aromatic heterocycles. The van der Waals surface area contributed by atoms with Crippen LogP contribution in [0.5, 0.6) is 0 Å². The molecule has 0 aliphatic carbocycles. The fraction of sp³-hybridized carbons (Fsp3) is 0.125. The van der Waals surface area contributed by atoms with Gasteiger partial charge in [-0.25, -0.2) is 9.38 Å². The number of hydrogen-bond acceptors (Lipinski definition) is 1. The Morgan fingerprint density at radius 2 is 2.15 bits per heavy atom. The average molecular weight is 246 g/mol. The van der Waals surface area contributed by atoms with E-state index in [1.54, 1.807) is 12.1 Å². The summed E-state index contributed by atoms with van der Waals surface area (Å²) >= 11 is 3.05. The third-order valence-electron chi connectivity index (χ3n) is 1.43. The lowest BCUT2D eigenvalue weighted by Gasteiger charge is -1.98. The summed E-state index contributed by atoms with van der Waals surface area (Å²) in [5, 5.41) is 0. The molecule has 0 unspecified atom stereocenters. The minimum absolute atomic E-state index is 0.00308. The van der Waals surface area contributed by atoms with Gasteiger partial charge in [-0.15, -0.1) is 0 Å². The molecule has 0 aliphatic rings. The van der Waals surface area contributed by atoms with Crippen LogP contribution in [0.4, 0.5) is 4.39 Å². The third kappa shape index (κ3) is 3.02. The van der Waals surface area contributed by atoms with E-state index >= 15 is 0 Å². The zero-order valence-electron chi connectivity index (χ0n) is 6.80. The normalized spacial score (nSPS) is 9.69. The number of hydrogen-bond donors (Lipinski definition) is 2. The smallest absolute Gasteiger partial charge is 0.186 e. The molecule has 0 heterocycles. The first-order chi connectivity index (χ1) is 6.09. The summed E-state index contributed by atoms with van der Waals surface area (Å²) in [4.78, 5) is 3.76. The molecular formula is C8H9BrFN3. The van der Waals surface area contributed by atoms with Crippen molar-refractivity contribution in [3.05, 3.63) is 34.1 Å². The number of benzene rings is 1. The Labute approximate surface area is 83.8 Å². The van der Waals surface area contributed by atoms with Crippen LogP contribution in [-0.4, -0.2) is 5.96 Å². The highest BCUT2D eigenvalue weighted by molar-refractivity contribution is 9.10. The Hall–Kier alpha value is -1.10. The Morgan fingerprint density at radius 3 is 2.69 bits per heavy atom. The van der Waals surface area contributed by atoms with Gasteiger partial charge in [0.25, 0.3) is 0 Å². The van der Waals surface area contributed by atoms with E-state index < -0.39 is 0 Å². The second-order valence-corrected chi connectivity index (χ2v) is 3.34. The number of nitrogens with zero attached hydrogens (tertiary/aromatic N) is 1. The van der Waals surface area contributed by atoms with E-state index in [1.807, 2.05) is 0 Å². The molecule has 1 rings (SSSR count). The fourth-order valence-electron chi connectivity index (χ4n) is 0.821. The SMILES string of the molecule is NC(N)=NCc1ccc(Br)c(F)c1. The summed E-state index contributed by atoms with van der Waals surface area (Å²) in [6, 6.07) is 4.75. The zero-order chi connectivity index (χ0) is 9.84. The molecule has 0 saturated carbocycles. The summed E-state index contributed by atoms with van der Waals surface area (Å²) in [7, 11) is 0. The van der Waals surface area contributed by atoms with Crippen LogP contribution >= 0.6 is 15.9 Å². The molecule has 4 N–H and O–H groups in total. The molecule has 0 bridgehead atoms. The van der Waals surface area contributed by atoms with E-state index in [9.17, 15) is 4.39 Å². The minimum Gasteiger partial charge on any atom is -0.370 e. The van der Waals surface area contributed by atoms with Gasteiger partial charge in [0.2, 0.25) is 0 Å². The van der Waals surface area contributed by atoms with Crippen LogP contribution in [0.2, 0.25) is 0 Å². The Morgan fingerprint density at radius 1 is 1.46 bits per heavy atom. The van der Waals surface area contributed by atoms with Gasteiger partial charge < -0.3 is 11.5 Å². The summed E-state index contributed by atoms with van der Waals surface area (Å²) in [5.41, 5.74) is 11.0. The van der Waals surface area contributed by atoms with Gasteiger partial charge in [0.05, 0.1) is 11.0 Å². The van der Waals surface area contributed by atoms with E-state index in [1.165, 1.54) is 6.07 Å². The van der Waals surface area contributed by atoms with Gasteiger partial charge in [0.15, 0.2) is 5.96 Å². The molecule has 0 amide bonds. The van der Waals surface area contributed by atoms with Gasteiger partial charge in [-0.2, -0.15) is 0 Å². The number of aliphatic imine (C=N–C) groups is 1. The first-order valence-corrected chi connectivity index (χ1v) is 4.38. The van der Waals surface area contributed by atoms with Gasteiger partial charge in [0, 0.05) is 0 Å². The zero-order valence-corrected chi connectivity index (χ0v) is 8.38. The predicted octanol–water partition coefficient (Wildman–Crippen LogP) is 1.36. The Kier molecular flexibility index (Phi) is 3.25. The highest BCUT2D eigenvalue weighted by atomic mass is 79.9. The van der Waals surface area contributed by atoms with Crippen LogP contribution < -0.4 is 11.5 Å². The second kappa shape index (κ2) is 4.23. The van der Waals surface area contributed by atoms with Crippen LogP contribution in [0.1, 0.15) is 5.56 Å². The second-order valence-electron chi connectivity index (χ2n) is 2.49. The van der Waals surface area contributed by atoms with E-state index in [-0.39, 0.29) is 11.8 Å². The van der Waals surface area contributed by atoms with Crippen molar-refractivity contribution in [2.24, 2.45) is 16.5 Å². The summed E-state index contributed by atoms with van der Waals surface area (Å²) in [6.07, 6.45) is 0.